The second-order valence-electron chi connectivity index (χ2n) is 3.82. The minimum Gasteiger partial charge on any atom is -0.114 e. The van der Waals surface area contributed by atoms with Crippen LogP contribution in [-0.2, 0) is 0 Å². The lowest BCUT2D eigenvalue weighted by atomic mass is 10.2. The van der Waals surface area contributed by atoms with E-state index in [-0.39, 0.29) is 0 Å². The first-order valence-electron chi connectivity index (χ1n) is 6.48. The molecule has 0 heteroatoms. The third kappa shape index (κ3) is 5.44. The van der Waals surface area contributed by atoms with Gasteiger partial charge in [-0.3, -0.25) is 0 Å². The highest BCUT2D eigenvalue weighted by Gasteiger charge is 1.84. The average Bonchev–Trinajstić information content (AvgIpc) is 2.60. The van der Waals surface area contributed by atoms with Crippen LogP contribution in [0.4, 0.5) is 0 Å². The van der Waals surface area contributed by atoms with Crippen molar-refractivity contribution >= 4 is 11.1 Å². The minimum atomic E-state index is 0.291. The lowest BCUT2D eigenvalue weighted by Crippen LogP contribution is -1.98. The Morgan fingerprint density at radius 2 is 0.792 bits per heavy atom. The highest BCUT2D eigenvalue weighted by atomic mass is 13.8. The Kier molecular flexibility index (Phi) is 7.44. The molecule has 0 aromatic heterocycles. The van der Waals surface area contributed by atoms with Crippen LogP contribution in [0.1, 0.15) is 0 Å². The largest absolute Gasteiger partial charge is 0.114 e. The van der Waals surface area contributed by atoms with Crippen molar-refractivity contribution in [2.24, 2.45) is 0 Å². The summed E-state index contributed by atoms with van der Waals surface area (Å²) in [6.45, 7) is 0. The van der Waals surface area contributed by atoms with Crippen LogP contribution in [0.15, 0.2) is 24.3 Å². The highest BCUT2D eigenvalue weighted by Crippen LogP contribution is 1.82. The summed E-state index contributed by atoms with van der Waals surface area (Å²) in [5.41, 5.74) is 0.581. The van der Waals surface area contributed by atoms with Gasteiger partial charge in [0.15, 0.2) is 0 Å². The molecule has 0 bridgehead atoms. The van der Waals surface area contributed by atoms with Gasteiger partial charge in [-0.05, 0) is 24.3 Å². The zero-order valence-corrected chi connectivity index (χ0v) is 12.6. The zero-order chi connectivity index (χ0) is 17.6. The Balaban J connectivity index is 3.74. The summed E-state index contributed by atoms with van der Waals surface area (Å²) in [6.07, 6.45) is 21.4. The molecule has 0 fully saturated rings. The number of terminal acetylenes is 4. The van der Waals surface area contributed by atoms with E-state index in [9.17, 15) is 0 Å². The molecule has 0 nitrogen and oxygen atoms in total. The second kappa shape index (κ2) is 10.2. The Bertz CT molecular complexity index is 831. The molecule has 0 saturated heterocycles. The smallest absolute Gasteiger partial charge is 0.0992 e. The van der Waals surface area contributed by atoms with Crippen LogP contribution in [0, 0.1) is 97.9 Å². The summed E-state index contributed by atoms with van der Waals surface area (Å²) < 4.78 is 0. The molecule has 1 rings (SSSR count). The van der Waals surface area contributed by atoms with Gasteiger partial charge in [0.25, 0.3) is 0 Å². The number of hydrogen-bond donors (Lipinski definition) is 0. The Morgan fingerprint density at radius 3 is 1.00 bits per heavy atom. The summed E-state index contributed by atoms with van der Waals surface area (Å²) in [6, 6.07) is 28.4. The van der Waals surface area contributed by atoms with Crippen molar-refractivity contribution in [2.45, 2.75) is 0 Å². The third-order valence-corrected chi connectivity index (χ3v) is 2.37. The summed E-state index contributed by atoms with van der Waals surface area (Å²) in [7, 11) is 0. The predicted molar refractivity (Wildman–Crippen MR) is 93.8 cm³/mol. The summed E-state index contributed by atoms with van der Waals surface area (Å²) in [5.74, 6) is 9.51. The van der Waals surface area contributed by atoms with Gasteiger partial charge in [-0.25, -0.2) is 0 Å². The topological polar surface area (TPSA) is 0 Å². The van der Waals surface area contributed by atoms with Crippen molar-refractivity contribution in [3.05, 3.63) is 83.2 Å². The maximum atomic E-state index is 5.34. The molecular weight excluding hydrogens is 288 g/mol. The van der Waals surface area contributed by atoms with Crippen LogP contribution < -0.4 is 10.4 Å². The van der Waals surface area contributed by atoms with Crippen molar-refractivity contribution < 1.29 is 0 Å². The molecule has 0 saturated carbocycles. The van der Waals surface area contributed by atoms with Gasteiger partial charge in [-0.15, -0.1) is 25.7 Å². The van der Waals surface area contributed by atoms with Gasteiger partial charge in [0.2, 0.25) is 0 Å². The Hall–Kier alpha value is -4.56. The first-order valence-corrected chi connectivity index (χ1v) is 6.48. The normalized spacial score (nSPS) is 6.50. The fourth-order valence-electron chi connectivity index (χ4n) is 1.31. The minimum absolute atomic E-state index is 0.291. The fourth-order valence-corrected chi connectivity index (χ4v) is 1.31. The molecule has 24 heavy (non-hydrogen) atoms. The van der Waals surface area contributed by atoms with Gasteiger partial charge in [0.1, 0.15) is 0 Å². The van der Waals surface area contributed by atoms with Crippen LogP contribution in [0.5, 0.6) is 0 Å². The van der Waals surface area contributed by atoms with E-state index in [1.807, 2.05) is 0 Å². The number of hydrogen-bond acceptors (Lipinski definition) is 0. The zero-order valence-electron chi connectivity index (χ0n) is 12.6. The van der Waals surface area contributed by atoms with E-state index in [0.29, 0.717) is 21.6 Å². The van der Waals surface area contributed by atoms with Crippen molar-refractivity contribution in [3.63, 3.8) is 0 Å². The van der Waals surface area contributed by atoms with Gasteiger partial charge in [0, 0.05) is 0 Å². The van der Waals surface area contributed by atoms with E-state index in [0.717, 1.165) is 0 Å². The summed E-state index contributed by atoms with van der Waals surface area (Å²) in [4.78, 5) is 0. The first-order chi connectivity index (χ1) is 11.8. The van der Waals surface area contributed by atoms with Crippen LogP contribution in [0.25, 0.3) is 11.1 Å². The van der Waals surface area contributed by atoms with Crippen molar-refractivity contribution in [1.82, 2.24) is 0 Å². The van der Waals surface area contributed by atoms with Crippen LogP contribution in [0.2, 0.25) is 0 Å². The molecule has 0 amide bonds. The molecule has 0 heterocycles. The first kappa shape index (κ1) is 17.5. The Labute approximate surface area is 144 Å². The molecular formula is C24H8. The van der Waals surface area contributed by atoms with E-state index in [2.05, 4.69) is 72.2 Å². The monoisotopic (exact) mass is 296 g/mol. The van der Waals surface area contributed by atoms with Gasteiger partial charge < -0.3 is 0 Å². The van der Waals surface area contributed by atoms with Gasteiger partial charge >= 0.3 is 0 Å². The molecule has 0 unspecified atom stereocenters. The fraction of sp³-hybridized carbons (Fsp3) is 0. The molecule has 1 aromatic carbocycles. The highest BCUT2D eigenvalue weighted by molar-refractivity contribution is 5.75. The number of rotatable bonds is 0. The van der Waals surface area contributed by atoms with E-state index >= 15 is 0 Å². The quantitative estimate of drug-likeness (QED) is 0.631. The molecule has 0 aliphatic carbocycles. The second-order valence-corrected chi connectivity index (χ2v) is 3.82. The molecule has 1 aromatic rings. The van der Waals surface area contributed by atoms with Crippen molar-refractivity contribution in [1.29, 1.82) is 0 Å². The van der Waals surface area contributed by atoms with Crippen LogP contribution >= 0.6 is 0 Å². The van der Waals surface area contributed by atoms with E-state index in [1.54, 1.807) is 0 Å². The maximum Gasteiger partial charge on any atom is 0.0992 e. The third-order valence-electron chi connectivity index (χ3n) is 2.37. The summed E-state index contributed by atoms with van der Waals surface area (Å²) >= 11 is 0. The van der Waals surface area contributed by atoms with Gasteiger partial charge in [0.05, 0.1) is 21.6 Å². The summed E-state index contributed by atoms with van der Waals surface area (Å²) in [5, 5.41) is 0.768. The average molecular weight is 296 g/mol. The van der Waals surface area contributed by atoms with E-state index in [1.165, 1.54) is 24.3 Å². The molecule has 0 aliphatic rings. The van der Waals surface area contributed by atoms with Gasteiger partial charge in [-0.2, -0.15) is 0 Å². The lowest BCUT2D eigenvalue weighted by Gasteiger charge is -1.77. The maximum absolute atomic E-state index is 5.34. The van der Waals surface area contributed by atoms with E-state index < -0.39 is 0 Å². The lowest BCUT2D eigenvalue weighted by molar-refractivity contribution is 1.67. The molecule has 0 atom stereocenters. The standard InChI is InChI=1S/C24H8/c1-5-21(6-2)23-17-13-9-11-15-19-24(22(7-3)8-4)20-16-12-10-14-18-23/h1-4,9-12H. The molecule has 0 spiro atoms. The van der Waals surface area contributed by atoms with Crippen molar-refractivity contribution in [2.75, 3.05) is 0 Å². The molecule has 0 aliphatic heterocycles. The molecule has 0 radical (unpaired) electrons. The molecule has 104 valence electrons. The van der Waals surface area contributed by atoms with Crippen LogP contribution in [0.3, 0.4) is 0 Å². The van der Waals surface area contributed by atoms with Crippen molar-refractivity contribution in [3.8, 4) is 49.4 Å². The van der Waals surface area contributed by atoms with E-state index in [4.69, 9.17) is 25.7 Å². The molecule has 0 N–H and O–H groups in total. The Morgan fingerprint density at radius 1 is 0.542 bits per heavy atom. The predicted octanol–water partition coefficient (Wildman–Crippen LogP) is 1.17. The SMILES string of the molecule is C#CC(C#C)=c1c#cccc#cc(=C(C#C)C#C)c#cccc#c1. The van der Waals surface area contributed by atoms with Gasteiger partial charge in [-0.1, -0.05) is 72.2 Å². The van der Waals surface area contributed by atoms with Crippen LogP contribution in [-0.4, -0.2) is 0 Å².